The minimum Gasteiger partial charge on any atom is -0.384 e. The van der Waals surface area contributed by atoms with E-state index in [4.69, 9.17) is 5.73 Å². The number of anilines is 1. The molecule has 2 aromatic rings. The van der Waals surface area contributed by atoms with Gasteiger partial charge in [0.05, 0.1) is 6.04 Å². The smallest absolute Gasteiger partial charge is 0.252 e. The summed E-state index contributed by atoms with van der Waals surface area (Å²) in [6, 6.07) is 3.25. The van der Waals surface area contributed by atoms with E-state index in [1.165, 1.54) is 4.88 Å². The fourth-order valence-electron chi connectivity index (χ4n) is 1.95. The van der Waals surface area contributed by atoms with Crippen LogP contribution in [0.2, 0.25) is 0 Å². The van der Waals surface area contributed by atoms with Crippen LogP contribution in [0.4, 0.5) is 5.82 Å². The SMILES string of the molecule is CCc1cc(C(=O)NC(C)c2ncc(CC)s2)cc(N)n1. The summed E-state index contributed by atoms with van der Waals surface area (Å²) in [4.78, 5) is 22.0. The second kappa shape index (κ2) is 6.67. The lowest BCUT2D eigenvalue weighted by molar-refractivity contribution is 0.0939. The quantitative estimate of drug-likeness (QED) is 0.890. The number of nitrogen functional groups attached to an aromatic ring is 1. The summed E-state index contributed by atoms with van der Waals surface area (Å²) in [5, 5.41) is 3.87. The lowest BCUT2D eigenvalue weighted by Gasteiger charge is -2.12. The number of carbonyl (C=O) groups is 1. The third-order valence-electron chi connectivity index (χ3n) is 3.16. The van der Waals surface area contributed by atoms with Gasteiger partial charge in [0, 0.05) is 22.3 Å². The van der Waals surface area contributed by atoms with E-state index < -0.39 is 0 Å². The monoisotopic (exact) mass is 304 g/mol. The second-order valence-electron chi connectivity index (χ2n) is 4.84. The van der Waals surface area contributed by atoms with Crippen molar-refractivity contribution in [2.75, 3.05) is 5.73 Å². The molecule has 112 valence electrons. The molecule has 0 aliphatic heterocycles. The predicted octanol–water partition coefficient (Wildman–Crippen LogP) is 2.74. The van der Waals surface area contributed by atoms with Gasteiger partial charge in [-0.15, -0.1) is 11.3 Å². The summed E-state index contributed by atoms with van der Waals surface area (Å²) in [5.41, 5.74) is 7.09. The Hall–Kier alpha value is -1.95. The highest BCUT2D eigenvalue weighted by molar-refractivity contribution is 7.11. The normalized spacial score (nSPS) is 12.1. The number of nitrogens with one attached hydrogen (secondary N) is 1. The number of rotatable bonds is 5. The van der Waals surface area contributed by atoms with Gasteiger partial charge in [-0.1, -0.05) is 13.8 Å². The van der Waals surface area contributed by atoms with Crippen molar-refractivity contribution in [1.82, 2.24) is 15.3 Å². The fourth-order valence-corrected chi connectivity index (χ4v) is 2.81. The summed E-state index contributed by atoms with van der Waals surface area (Å²) in [6.45, 7) is 6.00. The second-order valence-corrected chi connectivity index (χ2v) is 5.99. The van der Waals surface area contributed by atoms with Gasteiger partial charge in [-0.05, 0) is 31.9 Å². The molecule has 0 bridgehead atoms. The van der Waals surface area contributed by atoms with E-state index in [9.17, 15) is 4.79 Å². The Kier molecular flexibility index (Phi) is 4.90. The molecule has 5 nitrogen and oxygen atoms in total. The number of thiazole rings is 1. The Morgan fingerprint density at radius 1 is 1.38 bits per heavy atom. The Balaban J connectivity index is 2.11. The topological polar surface area (TPSA) is 80.9 Å². The number of carbonyl (C=O) groups excluding carboxylic acids is 1. The largest absolute Gasteiger partial charge is 0.384 e. The van der Waals surface area contributed by atoms with E-state index in [-0.39, 0.29) is 11.9 Å². The maximum absolute atomic E-state index is 12.3. The molecule has 21 heavy (non-hydrogen) atoms. The van der Waals surface area contributed by atoms with Gasteiger partial charge in [-0.3, -0.25) is 4.79 Å². The van der Waals surface area contributed by atoms with Crippen molar-refractivity contribution in [2.45, 2.75) is 39.7 Å². The molecular weight excluding hydrogens is 284 g/mol. The van der Waals surface area contributed by atoms with Crippen LogP contribution in [0.5, 0.6) is 0 Å². The standard InChI is InChI=1S/C15H20N4OS/c1-4-11-6-10(7-13(16)19-11)14(20)18-9(3)15-17-8-12(5-2)21-15/h6-9H,4-5H2,1-3H3,(H2,16,19)(H,18,20). The van der Waals surface area contributed by atoms with Gasteiger partial charge in [0.25, 0.3) is 5.91 Å². The zero-order chi connectivity index (χ0) is 15.4. The van der Waals surface area contributed by atoms with Crippen LogP contribution in [0, 0.1) is 0 Å². The molecule has 2 aromatic heterocycles. The molecule has 1 amide bonds. The first kappa shape index (κ1) is 15.4. The molecule has 0 aromatic carbocycles. The van der Waals surface area contributed by atoms with E-state index in [2.05, 4.69) is 22.2 Å². The predicted molar refractivity (Wildman–Crippen MR) is 85.4 cm³/mol. The van der Waals surface area contributed by atoms with Crippen molar-refractivity contribution in [3.8, 4) is 0 Å². The molecule has 0 saturated heterocycles. The van der Waals surface area contributed by atoms with E-state index in [0.717, 1.165) is 23.5 Å². The van der Waals surface area contributed by atoms with Gasteiger partial charge in [0.2, 0.25) is 0 Å². The van der Waals surface area contributed by atoms with Crippen LogP contribution >= 0.6 is 11.3 Å². The van der Waals surface area contributed by atoms with E-state index >= 15 is 0 Å². The summed E-state index contributed by atoms with van der Waals surface area (Å²) < 4.78 is 0. The van der Waals surface area contributed by atoms with Crippen molar-refractivity contribution in [3.05, 3.63) is 39.5 Å². The molecule has 3 N–H and O–H groups in total. The van der Waals surface area contributed by atoms with Crippen molar-refractivity contribution in [1.29, 1.82) is 0 Å². The number of nitrogens with two attached hydrogens (primary N) is 1. The highest BCUT2D eigenvalue weighted by Crippen LogP contribution is 2.20. The third kappa shape index (κ3) is 3.78. The number of aromatic nitrogens is 2. The molecule has 0 saturated carbocycles. The Bertz CT molecular complexity index is 638. The first-order valence-electron chi connectivity index (χ1n) is 7.05. The molecule has 2 heterocycles. The minimum absolute atomic E-state index is 0.123. The van der Waals surface area contributed by atoms with E-state index in [1.54, 1.807) is 23.5 Å². The molecule has 0 spiro atoms. The average Bonchev–Trinajstić information content (AvgIpc) is 2.95. The van der Waals surface area contributed by atoms with Gasteiger partial charge >= 0.3 is 0 Å². The lowest BCUT2D eigenvalue weighted by Crippen LogP contribution is -2.26. The van der Waals surface area contributed by atoms with Crippen LogP contribution in [0.15, 0.2) is 18.3 Å². The van der Waals surface area contributed by atoms with Crippen LogP contribution in [0.3, 0.4) is 0 Å². The molecule has 1 unspecified atom stereocenters. The maximum Gasteiger partial charge on any atom is 0.252 e. The summed E-state index contributed by atoms with van der Waals surface area (Å²) in [7, 11) is 0. The van der Waals surface area contributed by atoms with Gasteiger partial charge in [-0.2, -0.15) is 0 Å². The fraction of sp³-hybridized carbons (Fsp3) is 0.400. The Labute approximate surface area is 128 Å². The highest BCUT2D eigenvalue weighted by Gasteiger charge is 2.15. The van der Waals surface area contributed by atoms with Crippen LogP contribution in [-0.2, 0) is 12.8 Å². The van der Waals surface area contributed by atoms with Crippen LogP contribution in [0.25, 0.3) is 0 Å². The Morgan fingerprint density at radius 2 is 2.14 bits per heavy atom. The van der Waals surface area contributed by atoms with Crippen molar-refractivity contribution < 1.29 is 4.79 Å². The molecule has 0 radical (unpaired) electrons. The highest BCUT2D eigenvalue weighted by atomic mass is 32.1. The number of hydrogen-bond acceptors (Lipinski definition) is 5. The summed E-state index contributed by atoms with van der Waals surface area (Å²) in [6.07, 6.45) is 3.56. The molecule has 2 rings (SSSR count). The number of aryl methyl sites for hydroxylation is 2. The molecule has 6 heteroatoms. The zero-order valence-corrected chi connectivity index (χ0v) is 13.3. The zero-order valence-electron chi connectivity index (χ0n) is 12.5. The van der Waals surface area contributed by atoms with Crippen LogP contribution < -0.4 is 11.1 Å². The van der Waals surface area contributed by atoms with Crippen molar-refractivity contribution >= 4 is 23.1 Å². The van der Waals surface area contributed by atoms with Gasteiger partial charge in [-0.25, -0.2) is 9.97 Å². The lowest BCUT2D eigenvalue weighted by atomic mass is 10.1. The average molecular weight is 304 g/mol. The van der Waals surface area contributed by atoms with E-state index in [0.29, 0.717) is 11.4 Å². The molecule has 0 fully saturated rings. The summed E-state index contributed by atoms with van der Waals surface area (Å²) in [5.74, 6) is 0.217. The van der Waals surface area contributed by atoms with Crippen LogP contribution in [0.1, 0.15) is 52.7 Å². The first-order valence-corrected chi connectivity index (χ1v) is 7.87. The molecule has 1 atom stereocenters. The number of hydrogen-bond donors (Lipinski definition) is 2. The molecule has 0 aliphatic rings. The number of amides is 1. The molecule has 0 aliphatic carbocycles. The maximum atomic E-state index is 12.3. The molecular formula is C15H20N4OS. The van der Waals surface area contributed by atoms with Crippen molar-refractivity contribution in [2.24, 2.45) is 0 Å². The number of pyridine rings is 1. The first-order chi connectivity index (χ1) is 10.0. The van der Waals surface area contributed by atoms with Gasteiger partial charge in [0.1, 0.15) is 10.8 Å². The van der Waals surface area contributed by atoms with E-state index in [1.807, 2.05) is 20.0 Å². The minimum atomic E-state index is -0.153. The van der Waals surface area contributed by atoms with Crippen LogP contribution in [-0.4, -0.2) is 15.9 Å². The Morgan fingerprint density at radius 3 is 2.76 bits per heavy atom. The third-order valence-corrected chi connectivity index (χ3v) is 4.48. The van der Waals surface area contributed by atoms with Gasteiger partial charge in [0.15, 0.2) is 0 Å². The van der Waals surface area contributed by atoms with Crippen molar-refractivity contribution in [3.63, 3.8) is 0 Å². The van der Waals surface area contributed by atoms with Gasteiger partial charge < -0.3 is 11.1 Å². The number of nitrogens with zero attached hydrogens (tertiary/aromatic N) is 2. The summed E-state index contributed by atoms with van der Waals surface area (Å²) >= 11 is 1.63.